The number of oxazole rings is 1. The van der Waals surface area contributed by atoms with Gasteiger partial charge in [0.2, 0.25) is 0 Å². The van der Waals surface area contributed by atoms with Gasteiger partial charge < -0.3 is 14.5 Å². The summed E-state index contributed by atoms with van der Waals surface area (Å²) in [4.78, 5) is 4.04. The van der Waals surface area contributed by atoms with E-state index in [1.165, 1.54) is 12.8 Å². The second-order valence-corrected chi connectivity index (χ2v) is 4.14. The Bertz CT molecular complexity index is 229. The predicted molar refractivity (Wildman–Crippen MR) is 61.2 cm³/mol. The zero-order chi connectivity index (χ0) is 10.8. The van der Waals surface area contributed by atoms with E-state index in [0.717, 1.165) is 30.7 Å². The molecular weight excluding hydrogens is 212 g/mol. The molecule has 0 saturated carbocycles. The Kier molecular flexibility index (Phi) is 7.33. The number of ether oxygens (including phenoxy) is 1. The molecule has 0 amide bonds. The van der Waals surface area contributed by atoms with E-state index < -0.39 is 0 Å². The number of rotatable bonds is 9. The topological polar surface area (TPSA) is 47.3 Å². The molecule has 0 aliphatic carbocycles. The molecule has 1 heterocycles. The third kappa shape index (κ3) is 6.54. The van der Waals surface area contributed by atoms with Gasteiger partial charge in [0, 0.05) is 19.4 Å². The fourth-order valence-electron chi connectivity index (χ4n) is 1.09. The maximum atomic E-state index is 5.11. The number of aromatic nitrogens is 1. The van der Waals surface area contributed by atoms with Gasteiger partial charge in [-0.05, 0) is 19.4 Å². The summed E-state index contributed by atoms with van der Waals surface area (Å²) in [6.45, 7) is 2.77. The van der Waals surface area contributed by atoms with Gasteiger partial charge in [0.15, 0.2) is 0 Å². The molecular formula is C10H18N2O2S. The van der Waals surface area contributed by atoms with Crippen molar-refractivity contribution >= 4 is 11.8 Å². The van der Waals surface area contributed by atoms with E-state index in [2.05, 4.69) is 10.3 Å². The van der Waals surface area contributed by atoms with Crippen LogP contribution in [-0.4, -0.2) is 37.5 Å². The molecule has 0 fully saturated rings. The molecule has 0 aromatic carbocycles. The minimum Gasteiger partial charge on any atom is -0.440 e. The Morgan fingerprint density at radius 1 is 1.47 bits per heavy atom. The van der Waals surface area contributed by atoms with Crippen molar-refractivity contribution in [3.63, 3.8) is 0 Å². The van der Waals surface area contributed by atoms with Gasteiger partial charge in [-0.3, -0.25) is 0 Å². The van der Waals surface area contributed by atoms with Gasteiger partial charge in [-0.1, -0.05) is 11.8 Å². The first-order valence-corrected chi connectivity index (χ1v) is 6.14. The van der Waals surface area contributed by atoms with Gasteiger partial charge in [0.1, 0.15) is 6.26 Å². The first-order chi connectivity index (χ1) is 7.43. The van der Waals surface area contributed by atoms with Crippen LogP contribution in [0.3, 0.4) is 0 Å². The Hall–Kier alpha value is -0.520. The van der Waals surface area contributed by atoms with Crippen LogP contribution in [0, 0.1) is 0 Å². The van der Waals surface area contributed by atoms with Crippen molar-refractivity contribution in [1.29, 1.82) is 0 Å². The minimum absolute atomic E-state index is 0.766. The summed E-state index contributed by atoms with van der Waals surface area (Å²) >= 11 is 1.67. The van der Waals surface area contributed by atoms with Crippen molar-refractivity contribution in [2.24, 2.45) is 0 Å². The highest BCUT2D eigenvalue weighted by Crippen LogP contribution is 2.15. The molecule has 1 N–H and O–H groups in total. The highest BCUT2D eigenvalue weighted by Gasteiger charge is 1.97. The molecule has 15 heavy (non-hydrogen) atoms. The predicted octanol–water partition coefficient (Wildman–Crippen LogP) is 1.78. The van der Waals surface area contributed by atoms with E-state index >= 15 is 0 Å². The lowest BCUT2D eigenvalue weighted by molar-refractivity contribution is 0.199. The van der Waals surface area contributed by atoms with Crippen LogP contribution in [0.15, 0.2) is 22.1 Å². The Morgan fingerprint density at radius 3 is 3.13 bits per heavy atom. The molecule has 0 radical (unpaired) electrons. The summed E-state index contributed by atoms with van der Waals surface area (Å²) in [6.07, 6.45) is 5.63. The number of methoxy groups -OCH3 is 1. The first kappa shape index (κ1) is 12.5. The first-order valence-electron chi connectivity index (χ1n) is 5.15. The van der Waals surface area contributed by atoms with E-state index in [1.54, 1.807) is 31.3 Å². The van der Waals surface area contributed by atoms with Crippen LogP contribution in [0.1, 0.15) is 12.8 Å². The van der Waals surface area contributed by atoms with Crippen molar-refractivity contribution in [1.82, 2.24) is 10.3 Å². The normalized spacial score (nSPS) is 10.7. The standard InChI is InChI=1S/C10H18N2O2S/c1-13-7-5-11-4-2-3-9-15-10-12-6-8-14-10/h6,8,11H,2-5,7,9H2,1H3. The van der Waals surface area contributed by atoms with E-state index in [0.29, 0.717) is 0 Å². The van der Waals surface area contributed by atoms with E-state index in [1.807, 2.05) is 0 Å². The minimum atomic E-state index is 0.766. The molecule has 1 aromatic rings. The average molecular weight is 230 g/mol. The van der Waals surface area contributed by atoms with Crippen molar-refractivity contribution in [2.75, 3.05) is 32.6 Å². The molecule has 0 aliphatic rings. The largest absolute Gasteiger partial charge is 0.440 e. The molecule has 86 valence electrons. The zero-order valence-electron chi connectivity index (χ0n) is 9.07. The number of hydrogen-bond donors (Lipinski definition) is 1. The maximum Gasteiger partial charge on any atom is 0.255 e. The van der Waals surface area contributed by atoms with Gasteiger partial charge in [-0.2, -0.15) is 0 Å². The zero-order valence-corrected chi connectivity index (χ0v) is 9.89. The van der Waals surface area contributed by atoms with Gasteiger partial charge in [-0.15, -0.1) is 0 Å². The molecule has 1 rings (SSSR count). The van der Waals surface area contributed by atoms with Gasteiger partial charge in [-0.25, -0.2) is 4.98 Å². The van der Waals surface area contributed by atoms with Crippen LogP contribution < -0.4 is 5.32 Å². The molecule has 0 atom stereocenters. The smallest absolute Gasteiger partial charge is 0.255 e. The maximum absolute atomic E-state index is 5.11. The second kappa shape index (κ2) is 8.76. The van der Waals surface area contributed by atoms with Crippen molar-refractivity contribution in [2.45, 2.75) is 18.1 Å². The summed E-state index contributed by atoms with van der Waals surface area (Å²) in [5.41, 5.74) is 0. The molecule has 0 unspecified atom stereocenters. The van der Waals surface area contributed by atoms with Crippen molar-refractivity contribution < 1.29 is 9.15 Å². The van der Waals surface area contributed by atoms with Crippen LogP contribution in [0.2, 0.25) is 0 Å². The fourth-order valence-corrected chi connectivity index (χ4v) is 1.87. The number of thioether (sulfide) groups is 1. The number of nitrogens with one attached hydrogen (secondary N) is 1. The van der Waals surface area contributed by atoms with Crippen LogP contribution in [0.25, 0.3) is 0 Å². The number of hydrogen-bond acceptors (Lipinski definition) is 5. The van der Waals surface area contributed by atoms with Crippen molar-refractivity contribution in [3.05, 3.63) is 12.5 Å². The number of nitrogens with zero attached hydrogens (tertiary/aromatic N) is 1. The van der Waals surface area contributed by atoms with E-state index in [9.17, 15) is 0 Å². The van der Waals surface area contributed by atoms with Crippen LogP contribution in [0.4, 0.5) is 0 Å². The highest BCUT2D eigenvalue weighted by molar-refractivity contribution is 7.99. The Balaban J connectivity index is 1.81. The molecule has 1 aromatic heterocycles. The summed E-state index contributed by atoms with van der Waals surface area (Å²) < 4.78 is 10.0. The third-order valence-electron chi connectivity index (χ3n) is 1.87. The monoisotopic (exact) mass is 230 g/mol. The quantitative estimate of drug-likeness (QED) is 0.517. The summed E-state index contributed by atoms with van der Waals surface area (Å²) in [5, 5.41) is 4.07. The Morgan fingerprint density at radius 2 is 2.40 bits per heavy atom. The molecule has 0 bridgehead atoms. The van der Waals surface area contributed by atoms with Gasteiger partial charge >= 0.3 is 0 Å². The van der Waals surface area contributed by atoms with Gasteiger partial charge in [0.05, 0.1) is 12.8 Å². The lowest BCUT2D eigenvalue weighted by atomic mass is 10.3. The highest BCUT2D eigenvalue weighted by atomic mass is 32.2. The summed E-state index contributed by atoms with van der Waals surface area (Å²) in [6, 6.07) is 0. The fraction of sp³-hybridized carbons (Fsp3) is 0.700. The molecule has 5 heteroatoms. The molecule has 0 aliphatic heterocycles. The summed E-state index contributed by atoms with van der Waals surface area (Å²) in [5.74, 6) is 1.06. The van der Waals surface area contributed by atoms with E-state index in [4.69, 9.17) is 9.15 Å². The van der Waals surface area contributed by atoms with Gasteiger partial charge in [0.25, 0.3) is 5.22 Å². The lowest BCUT2D eigenvalue weighted by Gasteiger charge is -2.02. The van der Waals surface area contributed by atoms with Crippen LogP contribution in [-0.2, 0) is 4.74 Å². The average Bonchev–Trinajstić information content (AvgIpc) is 2.75. The molecule has 4 nitrogen and oxygen atoms in total. The van der Waals surface area contributed by atoms with Crippen LogP contribution in [0.5, 0.6) is 0 Å². The van der Waals surface area contributed by atoms with E-state index in [-0.39, 0.29) is 0 Å². The number of unbranched alkanes of at least 4 members (excludes halogenated alkanes) is 1. The lowest BCUT2D eigenvalue weighted by Crippen LogP contribution is -2.20. The summed E-state index contributed by atoms with van der Waals surface area (Å²) in [7, 11) is 1.72. The second-order valence-electron chi connectivity index (χ2n) is 3.10. The molecule has 0 spiro atoms. The molecule has 0 saturated heterocycles. The van der Waals surface area contributed by atoms with Crippen LogP contribution >= 0.6 is 11.8 Å². The van der Waals surface area contributed by atoms with Crippen molar-refractivity contribution in [3.8, 4) is 0 Å². The SMILES string of the molecule is COCCNCCCCSc1ncco1. The third-order valence-corrected chi connectivity index (χ3v) is 2.81. The Labute approximate surface area is 94.8 Å².